The summed E-state index contributed by atoms with van der Waals surface area (Å²) in [5.41, 5.74) is 0. The van der Waals surface area contributed by atoms with Crippen LogP contribution in [0.1, 0.15) is 26.2 Å². The second-order valence-corrected chi connectivity index (χ2v) is 5.68. The van der Waals surface area contributed by atoms with Gasteiger partial charge in [-0.25, -0.2) is 0 Å². The molecule has 2 rings (SSSR count). The van der Waals surface area contributed by atoms with Crippen molar-refractivity contribution in [3.05, 3.63) is 16.4 Å². The number of carboxylic acids is 1. The van der Waals surface area contributed by atoms with Crippen molar-refractivity contribution in [1.82, 2.24) is 9.55 Å². The summed E-state index contributed by atoms with van der Waals surface area (Å²) in [6, 6.07) is 0. The summed E-state index contributed by atoms with van der Waals surface area (Å²) in [6.07, 6.45) is 3.43. The van der Waals surface area contributed by atoms with Gasteiger partial charge in [0.2, 0.25) is 12.1 Å². The third-order valence-corrected chi connectivity index (χ3v) is 4.12. The van der Waals surface area contributed by atoms with E-state index in [-0.39, 0.29) is 24.1 Å². The van der Waals surface area contributed by atoms with Crippen LogP contribution in [0.5, 0.6) is 0 Å². The Hall–Kier alpha value is -2.12. The molecule has 0 spiro atoms. The van der Waals surface area contributed by atoms with Crippen molar-refractivity contribution < 1.29 is 14.8 Å². The third kappa shape index (κ3) is 3.32. The van der Waals surface area contributed by atoms with Gasteiger partial charge in [0.25, 0.3) is 0 Å². The molecule has 116 valence electrons. The Kier molecular flexibility index (Phi) is 4.44. The molecule has 0 radical (unpaired) electrons. The summed E-state index contributed by atoms with van der Waals surface area (Å²) in [4.78, 5) is 27.2. The van der Waals surface area contributed by atoms with Gasteiger partial charge >= 0.3 is 11.8 Å². The van der Waals surface area contributed by atoms with Gasteiger partial charge in [0.05, 0.1) is 0 Å². The minimum absolute atomic E-state index is 0.0533. The number of carbonyl (C=O) groups is 1. The summed E-state index contributed by atoms with van der Waals surface area (Å²) in [6.45, 7) is 3.30. The average molecular weight is 296 g/mol. The fourth-order valence-electron chi connectivity index (χ4n) is 3.01. The maximum atomic E-state index is 11.1. The molecule has 0 bridgehead atoms. The number of hydrogen-bond donors (Lipinski definition) is 1. The molecule has 0 amide bonds. The first-order chi connectivity index (χ1) is 9.90. The van der Waals surface area contributed by atoms with E-state index in [9.17, 15) is 14.9 Å². The van der Waals surface area contributed by atoms with Gasteiger partial charge in [0.1, 0.15) is 0 Å². The number of imidazole rings is 1. The molecule has 8 nitrogen and oxygen atoms in total. The Morgan fingerprint density at radius 2 is 2.38 bits per heavy atom. The number of nitro groups is 1. The van der Waals surface area contributed by atoms with Crippen LogP contribution in [0.4, 0.5) is 11.6 Å². The van der Waals surface area contributed by atoms with Gasteiger partial charge in [-0.05, 0) is 34.6 Å². The smallest absolute Gasteiger partial charge is 0.406 e. The molecule has 1 saturated heterocycles. The van der Waals surface area contributed by atoms with Crippen molar-refractivity contribution >= 4 is 17.6 Å². The summed E-state index contributed by atoms with van der Waals surface area (Å²) < 4.78 is 1.66. The molecule has 0 saturated carbocycles. The average Bonchev–Trinajstić information content (AvgIpc) is 2.80. The second-order valence-electron chi connectivity index (χ2n) is 5.68. The number of carboxylic acid groups (broad SMARTS) is 1. The number of aryl methyl sites for hydroxylation is 1. The van der Waals surface area contributed by atoms with E-state index in [1.165, 1.54) is 6.33 Å². The van der Waals surface area contributed by atoms with Gasteiger partial charge in [0.15, 0.2) is 0 Å². The Morgan fingerprint density at radius 3 is 3.00 bits per heavy atom. The van der Waals surface area contributed by atoms with E-state index >= 15 is 0 Å². The first-order valence-electron chi connectivity index (χ1n) is 7.02. The van der Waals surface area contributed by atoms with E-state index in [0.717, 1.165) is 19.4 Å². The fraction of sp³-hybridized carbons (Fsp3) is 0.692. The molecule has 2 heterocycles. The SMILES string of the molecule is CC(CC(=O)O)C1CCCN(c2c([N+](=O)[O-])ncn2C)C1. The first kappa shape index (κ1) is 15.3. The number of aliphatic carboxylic acids is 1. The Balaban J connectivity index is 2.16. The van der Waals surface area contributed by atoms with Gasteiger partial charge in [-0.15, -0.1) is 0 Å². The maximum Gasteiger partial charge on any atom is 0.406 e. The molecule has 1 fully saturated rings. The van der Waals surface area contributed by atoms with Crippen LogP contribution >= 0.6 is 0 Å². The largest absolute Gasteiger partial charge is 0.481 e. The molecule has 1 N–H and O–H groups in total. The minimum atomic E-state index is -0.800. The van der Waals surface area contributed by atoms with Crippen molar-refractivity contribution in [3.8, 4) is 0 Å². The predicted octanol–water partition coefficient (Wildman–Crippen LogP) is 1.66. The molecule has 8 heteroatoms. The highest BCUT2D eigenvalue weighted by molar-refractivity contribution is 5.67. The molecule has 1 aliphatic rings. The molecule has 0 aliphatic carbocycles. The quantitative estimate of drug-likeness (QED) is 0.655. The Morgan fingerprint density at radius 1 is 1.67 bits per heavy atom. The molecule has 2 atom stereocenters. The summed E-state index contributed by atoms with van der Waals surface area (Å²) in [5.74, 6) is -0.149. The van der Waals surface area contributed by atoms with Gasteiger partial charge in [-0.3, -0.25) is 9.36 Å². The first-order valence-corrected chi connectivity index (χ1v) is 7.02. The van der Waals surface area contributed by atoms with Crippen molar-refractivity contribution in [1.29, 1.82) is 0 Å². The topological polar surface area (TPSA) is 102 Å². The van der Waals surface area contributed by atoms with E-state index in [1.54, 1.807) is 11.6 Å². The van der Waals surface area contributed by atoms with Crippen LogP contribution in [-0.2, 0) is 11.8 Å². The van der Waals surface area contributed by atoms with Crippen LogP contribution in [-0.4, -0.2) is 38.6 Å². The van der Waals surface area contributed by atoms with E-state index in [0.29, 0.717) is 12.4 Å². The second kappa shape index (κ2) is 6.11. The lowest BCUT2D eigenvalue weighted by Crippen LogP contribution is -2.39. The Bertz CT molecular complexity index is 542. The summed E-state index contributed by atoms with van der Waals surface area (Å²) >= 11 is 0. The lowest BCUT2D eigenvalue weighted by atomic mass is 9.84. The Labute approximate surface area is 122 Å². The van der Waals surface area contributed by atoms with E-state index in [1.807, 2.05) is 11.8 Å². The molecule has 1 aromatic heterocycles. The van der Waals surface area contributed by atoms with Crippen molar-refractivity contribution in [2.45, 2.75) is 26.2 Å². The van der Waals surface area contributed by atoms with Crippen LogP contribution in [0.3, 0.4) is 0 Å². The number of rotatable bonds is 5. The lowest BCUT2D eigenvalue weighted by molar-refractivity contribution is -0.388. The molecule has 1 aromatic rings. The normalized spacial score (nSPS) is 20.3. The van der Waals surface area contributed by atoms with Gasteiger partial charge in [-0.1, -0.05) is 6.92 Å². The highest BCUT2D eigenvalue weighted by Crippen LogP contribution is 2.33. The monoisotopic (exact) mass is 296 g/mol. The fourth-order valence-corrected chi connectivity index (χ4v) is 3.01. The maximum absolute atomic E-state index is 11.1. The zero-order valence-electron chi connectivity index (χ0n) is 12.2. The molecule has 2 unspecified atom stereocenters. The molecule has 1 aliphatic heterocycles. The molecular formula is C13H20N4O4. The standard InChI is InChI=1S/C13H20N4O4/c1-9(6-11(18)19)10-4-3-5-16(7-10)13-12(17(20)21)14-8-15(13)2/h8-10H,3-7H2,1-2H3,(H,18,19). The highest BCUT2D eigenvalue weighted by atomic mass is 16.6. The number of anilines is 1. The highest BCUT2D eigenvalue weighted by Gasteiger charge is 2.32. The predicted molar refractivity (Wildman–Crippen MR) is 76.2 cm³/mol. The zero-order chi connectivity index (χ0) is 15.6. The zero-order valence-corrected chi connectivity index (χ0v) is 12.2. The van der Waals surface area contributed by atoms with Crippen molar-refractivity contribution in [2.24, 2.45) is 18.9 Å². The van der Waals surface area contributed by atoms with Crippen LogP contribution in [0.15, 0.2) is 6.33 Å². The summed E-state index contributed by atoms with van der Waals surface area (Å²) in [5, 5.41) is 20.0. The van der Waals surface area contributed by atoms with E-state index < -0.39 is 10.9 Å². The lowest BCUT2D eigenvalue weighted by Gasteiger charge is -2.36. The van der Waals surface area contributed by atoms with Crippen molar-refractivity contribution in [3.63, 3.8) is 0 Å². The molecule has 0 aromatic carbocycles. The minimum Gasteiger partial charge on any atom is -0.481 e. The number of hydrogen-bond acceptors (Lipinski definition) is 5. The van der Waals surface area contributed by atoms with E-state index in [4.69, 9.17) is 5.11 Å². The van der Waals surface area contributed by atoms with Gasteiger partial charge in [-0.2, -0.15) is 0 Å². The van der Waals surface area contributed by atoms with Gasteiger partial charge < -0.3 is 20.1 Å². The van der Waals surface area contributed by atoms with Crippen LogP contribution in [0.25, 0.3) is 0 Å². The number of nitrogens with zero attached hydrogens (tertiary/aromatic N) is 4. The van der Waals surface area contributed by atoms with Crippen LogP contribution in [0.2, 0.25) is 0 Å². The summed E-state index contributed by atoms with van der Waals surface area (Å²) in [7, 11) is 1.74. The molecular weight excluding hydrogens is 276 g/mol. The third-order valence-electron chi connectivity index (χ3n) is 4.12. The molecule has 21 heavy (non-hydrogen) atoms. The number of aromatic nitrogens is 2. The van der Waals surface area contributed by atoms with Gasteiger partial charge in [0, 0.05) is 26.6 Å². The van der Waals surface area contributed by atoms with Crippen LogP contribution < -0.4 is 4.90 Å². The number of piperidine rings is 1. The van der Waals surface area contributed by atoms with Crippen LogP contribution in [0, 0.1) is 22.0 Å². The van der Waals surface area contributed by atoms with Crippen molar-refractivity contribution in [2.75, 3.05) is 18.0 Å². The van der Waals surface area contributed by atoms with E-state index in [2.05, 4.69) is 4.98 Å².